The highest BCUT2D eigenvalue weighted by Gasteiger charge is 2.17. The lowest BCUT2D eigenvalue weighted by Gasteiger charge is -1.99. The lowest BCUT2D eigenvalue weighted by molar-refractivity contribution is 0.101. The zero-order valence-corrected chi connectivity index (χ0v) is 8.61. The molecule has 0 radical (unpaired) electrons. The molecule has 3 nitrogen and oxygen atoms in total. The second kappa shape index (κ2) is 3.25. The van der Waals surface area contributed by atoms with Crippen LogP contribution in [-0.2, 0) is 7.05 Å². The smallest absolute Gasteiger partial charge is 0.177 e. The third kappa shape index (κ3) is 1.23. The summed E-state index contributed by atoms with van der Waals surface area (Å²) in [5.41, 5.74) is 1.87. The van der Waals surface area contributed by atoms with E-state index < -0.39 is 0 Å². The highest BCUT2D eigenvalue weighted by atomic mass is 16.1. The van der Waals surface area contributed by atoms with E-state index >= 15 is 0 Å². The zero-order valence-electron chi connectivity index (χ0n) is 8.61. The fourth-order valence-electron chi connectivity index (χ4n) is 1.92. The number of Topliss-reactive ketones (excluding diaryl/α,β-unsaturated/α-hetero) is 1. The van der Waals surface area contributed by atoms with Crippen LogP contribution in [0.4, 0.5) is 0 Å². The van der Waals surface area contributed by atoms with Gasteiger partial charge in [-0.25, -0.2) is 0 Å². The molecule has 0 fully saturated rings. The molecule has 0 N–H and O–H groups in total. The fraction of sp³-hybridized carbons (Fsp3) is 0.167. The summed E-state index contributed by atoms with van der Waals surface area (Å²) in [6, 6.07) is 9.63. The quantitative estimate of drug-likeness (QED) is 0.660. The van der Waals surface area contributed by atoms with Gasteiger partial charge in [-0.05, 0) is 6.07 Å². The van der Waals surface area contributed by atoms with E-state index in [9.17, 15) is 4.79 Å². The van der Waals surface area contributed by atoms with Crippen LogP contribution in [0, 0.1) is 11.3 Å². The number of benzene rings is 1. The molecule has 15 heavy (non-hydrogen) atoms. The van der Waals surface area contributed by atoms with E-state index in [1.807, 2.05) is 24.3 Å². The molecule has 0 bridgehead atoms. The number of para-hydroxylation sites is 1. The van der Waals surface area contributed by atoms with Crippen LogP contribution in [0.15, 0.2) is 24.3 Å². The molecule has 0 aliphatic carbocycles. The minimum Gasteiger partial charge on any atom is -0.340 e. The molecule has 0 saturated heterocycles. The first-order valence-electron chi connectivity index (χ1n) is 4.65. The van der Waals surface area contributed by atoms with E-state index in [2.05, 4.69) is 6.07 Å². The number of nitrogens with zero attached hydrogens (tertiary/aromatic N) is 2. The molecule has 0 aliphatic rings. The van der Waals surface area contributed by atoms with Crippen LogP contribution in [0.3, 0.4) is 0 Å². The average molecular weight is 198 g/mol. The van der Waals surface area contributed by atoms with Crippen molar-refractivity contribution >= 4 is 16.7 Å². The first kappa shape index (κ1) is 9.47. The summed E-state index contributed by atoms with van der Waals surface area (Å²) in [5.74, 6) is -0.0785. The molecule has 0 unspecified atom stereocenters. The van der Waals surface area contributed by atoms with E-state index in [-0.39, 0.29) is 5.78 Å². The van der Waals surface area contributed by atoms with E-state index in [1.54, 1.807) is 11.6 Å². The summed E-state index contributed by atoms with van der Waals surface area (Å²) < 4.78 is 1.77. The van der Waals surface area contributed by atoms with Crippen molar-refractivity contribution in [2.75, 3.05) is 0 Å². The maximum Gasteiger partial charge on any atom is 0.177 e. The Balaban J connectivity index is 2.98. The Morgan fingerprint density at radius 3 is 2.67 bits per heavy atom. The van der Waals surface area contributed by atoms with Crippen molar-refractivity contribution in [3.05, 3.63) is 35.5 Å². The fourth-order valence-corrected chi connectivity index (χ4v) is 1.92. The standard InChI is InChI=1S/C12H10N2O/c1-8(15)12-10(7-13)9-5-3-4-6-11(9)14(12)2/h3-6H,1-2H3. The molecular weight excluding hydrogens is 188 g/mol. The number of hydrogen-bond acceptors (Lipinski definition) is 2. The number of carbonyl (C=O) groups is 1. The van der Waals surface area contributed by atoms with Gasteiger partial charge in [0.1, 0.15) is 11.8 Å². The van der Waals surface area contributed by atoms with Crippen LogP contribution in [-0.4, -0.2) is 10.4 Å². The Morgan fingerprint density at radius 2 is 2.07 bits per heavy atom. The lowest BCUT2D eigenvalue weighted by atomic mass is 10.1. The Labute approximate surface area is 87.5 Å². The summed E-state index contributed by atoms with van der Waals surface area (Å²) in [5, 5.41) is 9.90. The van der Waals surface area contributed by atoms with E-state index in [0.717, 1.165) is 10.9 Å². The van der Waals surface area contributed by atoms with Crippen molar-refractivity contribution in [2.45, 2.75) is 6.92 Å². The Bertz CT molecular complexity index is 587. The number of nitriles is 1. The zero-order chi connectivity index (χ0) is 11.0. The van der Waals surface area contributed by atoms with E-state index in [0.29, 0.717) is 11.3 Å². The molecule has 1 aromatic carbocycles. The van der Waals surface area contributed by atoms with Crippen molar-refractivity contribution in [1.29, 1.82) is 5.26 Å². The predicted molar refractivity (Wildman–Crippen MR) is 57.6 cm³/mol. The first-order chi connectivity index (χ1) is 7.16. The number of aromatic nitrogens is 1. The van der Waals surface area contributed by atoms with Crippen molar-refractivity contribution in [2.24, 2.45) is 7.05 Å². The molecule has 1 aromatic heterocycles. The third-order valence-corrected chi connectivity index (χ3v) is 2.55. The van der Waals surface area contributed by atoms with Gasteiger partial charge in [0.25, 0.3) is 0 Å². The largest absolute Gasteiger partial charge is 0.340 e. The highest BCUT2D eigenvalue weighted by molar-refractivity contribution is 6.03. The second-order valence-electron chi connectivity index (χ2n) is 3.47. The molecule has 0 saturated carbocycles. The Kier molecular flexibility index (Phi) is 2.05. The predicted octanol–water partition coefficient (Wildman–Crippen LogP) is 2.25. The molecule has 0 spiro atoms. The third-order valence-electron chi connectivity index (χ3n) is 2.55. The Hall–Kier alpha value is -2.08. The monoisotopic (exact) mass is 198 g/mol. The van der Waals surface area contributed by atoms with Gasteiger partial charge in [0.05, 0.1) is 5.56 Å². The highest BCUT2D eigenvalue weighted by Crippen LogP contribution is 2.24. The summed E-state index contributed by atoms with van der Waals surface area (Å²) in [7, 11) is 1.81. The van der Waals surface area contributed by atoms with Gasteiger partial charge < -0.3 is 4.57 Å². The van der Waals surface area contributed by atoms with Crippen LogP contribution in [0.5, 0.6) is 0 Å². The van der Waals surface area contributed by atoms with Crippen LogP contribution in [0.25, 0.3) is 10.9 Å². The second-order valence-corrected chi connectivity index (χ2v) is 3.47. The molecule has 2 rings (SSSR count). The summed E-state index contributed by atoms with van der Waals surface area (Å²) in [6.45, 7) is 1.48. The van der Waals surface area contributed by atoms with Gasteiger partial charge in [0, 0.05) is 24.9 Å². The van der Waals surface area contributed by atoms with Crippen LogP contribution in [0.2, 0.25) is 0 Å². The molecule has 1 heterocycles. The number of carbonyl (C=O) groups excluding carboxylic acids is 1. The van der Waals surface area contributed by atoms with Gasteiger partial charge in [-0.15, -0.1) is 0 Å². The van der Waals surface area contributed by atoms with Gasteiger partial charge in [-0.2, -0.15) is 5.26 Å². The average Bonchev–Trinajstić information content (AvgIpc) is 2.52. The van der Waals surface area contributed by atoms with Crippen molar-refractivity contribution < 1.29 is 4.79 Å². The molecule has 74 valence electrons. The van der Waals surface area contributed by atoms with Gasteiger partial charge >= 0.3 is 0 Å². The van der Waals surface area contributed by atoms with Crippen LogP contribution < -0.4 is 0 Å². The van der Waals surface area contributed by atoms with Gasteiger partial charge in [-0.3, -0.25) is 4.79 Å². The van der Waals surface area contributed by atoms with Gasteiger partial charge in [0.2, 0.25) is 0 Å². The summed E-state index contributed by atoms with van der Waals surface area (Å²) in [6.07, 6.45) is 0. The first-order valence-corrected chi connectivity index (χ1v) is 4.65. The molecular formula is C12H10N2O. The maximum absolute atomic E-state index is 11.4. The normalized spacial score (nSPS) is 10.2. The van der Waals surface area contributed by atoms with Crippen molar-refractivity contribution in [3.63, 3.8) is 0 Å². The summed E-state index contributed by atoms with van der Waals surface area (Å²) >= 11 is 0. The van der Waals surface area contributed by atoms with E-state index in [4.69, 9.17) is 5.26 Å². The topological polar surface area (TPSA) is 45.8 Å². The minimum atomic E-state index is -0.0785. The van der Waals surface area contributed by atoms with Gasteiger partial charge in [0.15, 0.2) is 5.78 Å². The lowest BCUT2D eigenvalue weighted by Crippen LogP contribution is -2.03. The van der Waals surface area contributed by atoms with Crippen LogP contribution >= 0.6 is 0 Å². The maximum atomic E-state index is 11.4. The van der Waals surface area contributed by atoms with E-state index in [1.165, 1.54) is 6.92 Å². The number of rotatable bonds is 1. The Morgan fingerprint density at radius 1 is 1.40 bits per heavy atom. The molecule has 2 aromatic rings. The SMILES string of the molecule is CC(=O)c1c(C#N)c2ccccc2n1C. The van der Waals surface area contributed by atoms with Crippen molar-refractivity contribution in [3.8, 4) is 6.07 Å². The minimum absolute atomic E-state index is 0.0785. The van der Waals surface area contributed by atoms with Crippen molar-refractivity contribution in [1.82, 2.24) is 4.57 Å². The number of aryl methyl sites for hydroxylation is 1. The number of fused-ring (bicyclic) bond motifs is 1. The number of hydrogen-bond donors (Lipinski definition) is 0. The molecule has 0 atom stereocenters. The van der Waals surface area contributed by atoms with Gasteiger partial charge in [-0.1, -0.05) is 18.2 Å². The summed E-state index contributed by atoms with van der Waals surface area (Å²) in [4.78, 5) is 11.4. The molecule has 0 aliphatic heterocycles. The molecule has 0 amide bonds. The van der Waals surface area contributed by atoms with Crippen LogP contribution in [0.1, 0.15) is 23.0 Å². The number of ketones is 1. The molecule has 3 heteroatoms.